The molecular formula is C26H22F5NO3S. The summed E-state index contributed by atoms with van der Waals surface area (Å²) in [7, 11) is 0. The highest BCUT2D eigenvalue weighted by Gasteiger charge is 2.37. The number of nitrogens with one attached hydrogen (secondary N) is 1. The lowest BCUT2D eigenvalue weighted by atomic mass is 9.91. The van der Waals surface area contributed by atoms with Gasteiger partial charge in [-0.15, -0.1) is 11.3 Å². The van der Waals surface area contributed by atoms with Crippen LogP contribution in [0.15, 0.2) is 24.3 Å². The molecule has 2 aromatic carbocycles. The number of aliphatic hydroxyl groups excluding tert-OH is 1. The van der Waals surface area contributed by atoms with Crippen molar-refractivity contribution >= 4 is 27.5 Å². The quantitative estimate of drug-likeness (QED) is 0.0981. The fraction of sp³-hybridized carbons (Fsp3) is 0.269. The molecular weight excluding hydrogens is 501 g/mol. The number of aliphatic hydroxyl groups is 1. The van der Waals surface area contributed by atoms with Crippen LogP contribution in [0.5, 0.6) is 5.75 Å². The maximum Gasteiger partial charge on any atom is 0.322 e. The smallest absolute Gasteiger partial charge is 0.322 e. The molecule has 0 fully saturated rings. The molecule has 0 saturated carbocycles. The average Bonchev–Trinajstić information content (AvgIpc) is 3.38. The number of carbonyl (C=O) groups excluding carboxylic acids is 1. The summed E-state index contributed by atoms with van der Waals surface area (Å²) in [6, 6.07) is 7.76. The Kier molecular flexibility index (Phi) is 6.70. The summed E-state index contributed by atoms with van der Waals surface area (Å²) in [5.41, 5.74) is 3.22. The minimum atomic E-state index is -2.34. The summed E-state index contributed by atoms with van der Waals surface area (Å²) < 4.78 is 73.2. The van der Waals surface area contributed by atoms with Crippen molar-refractivity contribution in [2.24, 2.45) is 0 Å². The zero-order valence-electron chi connectivity index (χ0n) is 19.8. The molecule has 0 bridgehead atoms. The second-order valence-electron chi connectivity index (χ2n) is 9.10. The van der Waals surface area contributed by atoms with Crippen molar-refractivity contribution in [2.45, 2.75) is 39.5 Å². The van der Waals surface area contributed by atoms with E-state index in [0.29, 0.717) is 16.1 Å². The van der Waals surface area contributed by atoms with Crippen molar-refractivity contribution < 1.29 is 36.6 Å². The number of fused-ring (bicyclic) bond motifs is 1. The van der Waals surface area contributed by atoms with Crippen molar-refractivity contribution in [2.75, 3.05) is 6.61 Å². The van der Waals surface area contributed by atoms with Crippen LogP contribution < -0.4 is 4.74 Å². The van der Waals surface area contributed by atoms with E-state index in [4.69, 9.17) is 4.74 Å². The number of aryl methyl sites for hydroxylation is 2. The van der Waals surface area contributed by atoms with Gasteiger partial charge in [-0.3, -0.25) is 4.79 Å². The first-order valence-electron chi connectivity index (χ1n) is 10.9. The van der Waals surface area contributed by atoms with Gasteiger partial charge in [0.1, 0.15) is 4.83 Å². The van der Waals surface area contributed by atoms with Crippen LogP contribution in [0.25, 0.3) is 21.5 Å². The maximum atomic E-state index is 14.0. The first kappa shape index (κ1) is 25.8. The van der Waals surface area contributed by atoms with Gasteiger partial charge in [-0.25, -0.2) is 13.2 Å². The van der Waals surface area contributed by atoms with Crippen LogP contribution in [0.1, 0.15) is 35.4 Å². The van der Waals surface area contributed by atoms with E-state index < -0.39 is 46.2 Å². The molecule has 0 spiro atoms. The largest absolute Gasteiger partial charge is 0.419 e. The minimum absolute atomic E-state index is 0.123. The monoisotopic (exact) mass is 523 g/mol. The highest BCUT2D eigenvalue weighted by Crippen LogP contribution is 2.41. The summed E-state index contributed by atoms with van der Waals surface area (Å²) in [6.45, 7) is 6.67. The normalized spacial score (nSPS) is 11.9. The number of thiophene rings is 1. The highest BCUT2D eigenvalue weighted by atomic mass is 32.1. The van der Waals surface area contributed by atoms with Gasteiger partial charge in [0.15, 0.2) is 0 Å². The lowest BCUT2D eigenvalue weighted by Crippen LogP contribution is -2.33. The topological polar surface area (TPSA) is 62.3 Å². The molecule has 36 heavy (non-hydrogen) atoms. The van der Waals surface area contributed by atoms with Crippen LogP contribution in [0.4, 0.5) is 22.0 Å². The molecule has 4 nitrogen and oxygen atoms in total. The lowest BCUT2D eigenvalue weighted by Gasteiger charge is -2.21. The Bertz CT molecular complexity index is 1460. The molecule has 10 heteroatoms. The van der Waals surface area contributed by atoms with Crippen LogP contribution in [-0.2, 0) is 16.6 Å². The molecule has 0 unspecified atom stereocenters. The Labute approximate surface area is 207 Å². The second-order valence-corrected chi connectivity index (χ2v) is 10.1. The summed E-state index contributed by atoms with van der Waals surface area (Å²) >= 11 is 1.19. The molecule has 0 radical (unpaired) electrons. The van der Waals surface area contributed by atoms with E-state index in [1.807, 2.05) is 32.0 Å². The van der Waals surface area contributed by atoms with Gasteiger partial charge in [-0.2, -0.15) is 8.78 Å². The van der Waals surface area contributed by atoms with Crippen molar-refractivity contribution in [1.29, 1.82) is 0 Å². The molecule has 190 valence electrons. The number of halogens is 5. The molecule has 0 amide bonds. The number of ether oxygens (including phenoxy) is 1. The molecule has 0 atom stereocenters. The molecule has 4 rings (SSSR count). The van der Waals surface area contributed by atoms with Gasteiger partial charge in [0, 0.05) is 16.9 Å². The van der Waals surface area contributed by atoms with Crippen LogP contribution >= 0.6 is 11.3 Å². The van der Waals surface area contributed by atoms with Crippen LogP contribution in [0.2, 0.25) is 0 Å². The van der Waals surface area contributed by atoms with E-state index in [1.165, 1.54) is 25.2 Å². The van der Waals surface area contributed by atoms with E-state index in [9.17, 15) is 31.9 Å². The number of benzene rings is 2. The maximum absolute atomic E-state index is 14.0. The van der Waals surface area contributed by atoms with Gasteiger partial charge in [0.2, 0.25) is 34.8 Å². The van der Waals surface area contributed by atoms with Crippen molar-refractivity contribution in [3.05, 3.63) is 74.9 Å². The molecule has 0 aliphatic carbocycles. The Morgan fingerprint density at radius 1 is 0.944 bits per heavy atom. The van der Waals surface area contributed by atoms with Crippen molar-refractivity contribution in [1.82, 2.24) is 4.98 Å². The average molecular weight is 524 g/mol. The summed E-state index contributed by atoms with van der Waals surface area (Å²) in [6.07, 6.45) is 0.327. The Morgan fingerprint density at radius 2 is 1.50 bits per heavy atom. The van der Waals surface area contributed by atoms with E-state index in [-0.39, 0.29) is 6.61 Å². The van der Waals surface area contributed by atoms with Gasteiger partial charge in [-0.05, 0) is 63.4 Å². The third-order valence-electron chi connectivity index (χ3n) is 5.96. The predicted molar refractivity (Wildman–Crippen MR) is 127 cm³/mol. The molecule has 0 saturated heterocycles. The van der Waals surface area contributed by atoms with E-state index in [1.54, 1.807) is 6.07 Å². The number of hydrogen-bond acceptors (Lipinski definition) is 4. The van der Waals surface area contributed by atoms with Gasteiger partial charge < -0.3 is 14.8 Å². The lowest BCUT2D eigenvalue weighted by molar-refractivity contribution is -0.140. The summed E-state index contributed by atoms with van der Waals surface area (Å²) in [4.78, 5) is 17.3. The molecule has 2 heterocycles. The number of aromatic nitrogens is 1. The Morgan fingerprint density at radius 3 is 2.06 bits per heavy atom. The third kappa shape index (κ3) is 4.28. The first-order valence-corrected chi connectivity index (χ1v) is 11.8. The van der Waals surface area contributed by atoms with Crippen molar-refractivity contribution in [3.63, 3.8) is 0 Å². The molecule has 2 aromatic heterocycles. The third-order valence-corrected chi connectivity index (χ3v) is 7.33. The van der Waals surface area contributed by atoms with Crippen LogP contribution in [-0.4, -0.2) is 22.7 Å². The number of carbonyl (C=O) groups is 1. The number of H-pyrrole nitrogens is 1. The van der Waals surface area contributed by atoms with Gasteiger partial charge in [0.25, 0.3) is 0 Å². The standard InChI is InChI=1S/C26H22F5NO3S/c1-11-7-12(2)9-13(8-11)22-14(5-6-33)15-10-16(36-24(15)32-22)26(3,4)25(34)35-23-20(30)18(28)17(27)19(29)21(23)31/h7-10,32-33H,5-6H2,1-4H3. The number of esters is 1. The zero-order valence-corrected chi connectivity index (χ0v) is 20.6. The predicted octanol–water partition coefficient (Wildman–Crippen LogP) is 6.63. The molecule has 2 N–H and O–H groups in total. The Balaban J connectivity index is 1.74. The fourth-order valence-corrected chi connectivity index (χ4v) is 5.25. The van der Waals surface area contributed by atoms with Crippen molar-refractivity contribution in [3.8, 4) is 17.0 Å². The number of aromatic amines is 1. The summed E-state index contributed by atoms with van der Waals surface area (Å²) in [5, 5.41) is 10.4. The number of hydrogen-bond donors (Lipinski definition) is 2. The molecule has 0 aliphatic heterocycles. The SMILES string of the molecule is Cc1cc(C)cc(-c2[nH]c3sc(C(C)(C)C(=O)Oc4c(F)c(F)c(F)c(F)c4F)cc3c2CCO)c1. The van der Waals surface area contributed by atoms with Gasteiger partial charge >= 0.3 is 5.97 Å². The van der Waals surface area contributed by atoms with E-state index in [2.05, 4.69) is 4.98 Å². The van der Waals surface area contributed by atoms with Gasteiger partial charge in [0.05, 0.1) is 11.1 Å². The first-order chi connectivity index (χ1) is 16.9. The van der Waals surface area contributed by atoms with Gasteiger partial charge in [-0.1, -0.05) is 17.2 Å². The van der Waals surface area contributed by atoms with Crippen LogP contribution in [0.3, 0.4) is 0 Å². The van der Waals surface area contributed by atoms with Crippen LogP contribution in [0, 0.1) is 42.9 Å². The summed E-state index contributed by atoms with van der Waals surface area (Å²) in [5.74, 6) is -14.0. The highest BCUT2D eigenvalue weighted by molar-refractivity contribution is 7.19. The van der Waals surface area contributed by atoms with E-state index in [0.717, 1.165) is 33.3 Å². The molecule has 0 aliphatic rings. The minimum Gasteiger partial charge on any atom is -0.419 e. The second kappa shape index (κ2) is 9.33. The number of rotatable bonds is 6. The zero-order chi connectivity index (χ0) is 26.5. The Hall–Kier alpha value is -3.24. The molecule has 4 aromatic rings. The fourth-order valence-electron chi connectivity index (χ4n) is 4.07. The van der Waals surface area contributed by atoms with E-state index >= 15 is 0 Å².